The highest BCUT2D eigenvalue weighted by atomic mass is 32.2. The van der Waals surface area contributed by atoms with Crippen LogP contribution in [0.3, 0.4) is 0 Å². The summed E-state index contributed by atoms with van der Waals surface area (Å²) in [5, 5.41) is 11.4. The van der Waals surface area contributed by atoms with Crippen LogP contribution in [0.25, 0.3) is 22.1 Å². The standard InChI is InChI=1S/C22H22N6O4S/c1-32-18-8-4-3-7-15(18)21(29)25-22-24-20-19(26-27-22)16-13-14(9-10-17(16)23-20)33(30,31)28-11-5-2-6-12-28/h3-4,7-10,13H,2,5-6,11-12H2,1H3,(H2,23,24,25,27,29). The number of hydrogen-bond acceptors (Lipinski definition) is 7. The Morgan fingerprint density at radius 3 is 2.67 bits per heavy atom. The largest absolute Gasteiger partial charge is 0.496 e. The number of para-hydroxylation sites is 1. The summed E-state index contributed by atoms with van der Waals surface area (Å²) in [5.41, 5.74) is 1.84. The van der Waals surface area contributed by atoms with E-state index in [4.69, 9.17) is 4.74 Å². The summed E-state index contributed by atoms with van der Waals surface area (Å²) in [6, 6.07) is 11.7. The van der Waals surface area contributed by atoms with Gasteiger partial charge in [-0.1, -0.05) is 18.6 Å². The maximum Gasteiger partial charge on any atom is 0.261 e. The van der Waals surface area contributed by atoms with E-state index in [1.807, 2.05) is 0 Å². The molecule has 10 nitrogen and oxygen atoms in total. The van der Waals surface area contributed by atoms with Gasteiger partial charge in [0.2, 0.25) is 10.0 Å². The van der Waals surface area contributed by atoms with Gasteiger partial charge in [0.15, 0.2) is 5.65 Å². The molecule has 11 heteroatoms. The van der Waals surface area contributed by atoms with Crippen LogP contribution in [0.1, 0.15) is 29.6 Å². The number of anilines is 1. The van der Waals surface area contributed by atoms with E-state index in [1.54, 1.807) is 42.5 Å². The van der Waals surface area contributed by atoms with Crippen LogP contribution in [-0.2, 0) is 10.0 Å². The molecule has 1 aliphatic heterocycles. The second-order valence-electron chi connectivity index (χ2n) is 7.78. The number of H-pyrrole nitrogens is 1. The van der Waals surface area contributed by atoms with E-state index in [9.17, 15) is 13.2 Å². The number of hydrogen-bond donors (Lipinski definition) is 2. The number of methoxy groups -OCH3 is 1. The van der Waals surface area contributed by atoms with Gasteiger partial charge in [0.1, 0.15) is 11.3 Å². The first-order valence-electron chi connectivity index (χ1n) is 10.6. The highest BCUT2D eigenvalue weighted by Crippen LogP contribution is 2.28. The van der Waals surface area contributed by atoms with Gasteiger partial charge in [-0.3, -0.25) is 10.1 Å². The van der Waals surface area contributed by atoms with E-state index in [0.717, 1.165) is 19.3 Å². The predicted octanol–water partition coefficient (Wildman–Crippen LogP) is 2.94. The van der Waals surface area contributed by atoms with Crippen LogP contribution in [0.5, 0.6) is 5.75 Å². The van der Waals surface area contributed by atoms with Crippen LogP contribution in [0, 0.1) is 0 Å². The number of nitrogens with one attached hydrogen (secondary N) is 2. The van der Waals surface area contributed by atoms with Crippen molar-refractivity contribution in [2.75, 3.05) is 25.5 Å². The van der Waals surface area contributed by atoms with Crippen molar-refractivity contribution < 1.29 is 17.9 Å². The van der Waals surface area contributed by atoms with Gasteiger partial charge in [0.05, 0.1) is 17.6 Å². The normalized spacial score (nSPS) is 15.1. The minimum atomic E-state index is -3.58. The summed E-state index contributed by atoms with van der Waals surface area (Å²) in [6.07, 6.45) is 2.78. The van der Waals surface area contributed by atoms with Crippen molar-refractivity contribution in [3.05, 3.63) is 48.0 Å². The van der Waals surface area contributed by atoms with E-state index in [1.165, 1.54) is 11.4 Å². The summed E-state index contributed by atoms with van der Waals surface area (Å²) < 4.78 is 32.9. The van der Waals surface area contributed by atoms with Crippen molar-refractivity contribution in [2.24, 2.45) is 0 Å². The zero-order valence-electron chi connectivity index (χ0n) is 17.9. The molecule has 1 aliphatic rings. The number of aromatic nitrogens is 4. The second-order valence-corrected chi connectivity index (χ2v) is 9.72. The molecule has 5 rings (SSSR count). The maximum absolute atomic E-state index is 13.1. The van der Waals surface area contributed by atoms with Crippen molar-refractivity contribution >= 4 is 43.9 Å². The minimum Gasteiger partial charge on any atom is -0.496 e. The van der Waals surface area contributed by atoms with Crippen molar-refractivity contribution in [1.29, 1.82) is 0 Å². The number of aromatic amines is 1. The zero-order chi connectivity index (χ0) is 23.0. The van der Waals surface area contributed by atoms with Crippen LogP contribution < -0.4 is 10.1 Å². The van der Waals surface area contributed by atoms with E-state index < -0.39 is 15.9 Å². The second kappa shape index (κ2) is 8.41. The molecule has 0 radical (unpaired) electrons. The zero-order valence-corrected chi connectivity index (χ0v) is 18.7. The first-order chi connectivity index (χ1) is 16.0. The number of ether oxygens (including phenoxy) is 1. The highest BCUT2D eigenvalue weighted by molar-refractivity contribution is 7.89. The number of benzene rings is 2. The summed E-state index contributed by atoms with van der Waals surface area (Å²) in [4.78, 5) is 20.3. The molecule has 2 aromatic carbocycles. The molecule has 1 amide bonds. The van der Waals surface area contributed by atoms with Gasteiger partial charge in [-0.25, -0.2) is 8.42 Å². The van der Waals surface area contributed by atoms with Crippen LogP contribution in [0.15, 0.2) is 47.4 Å². The van der Waals surface area contributed by atoms with E-state index in [-0.39, 0.29) is 10.8 Å². The van der Waals surface area contributed by atoms with Gasteiger partial charge in [0.25, 0.3) is 11.9 Å². The van der Waals surface area contributed by atoms with Crippen LogP contribution in [0.2, 0.25) is 0 Å². The first kappa shape index (κ1) is 21.3. The molecule has 0 atom stereocenters. The summed E-state index contributed by atoms with van der Waals surface area (Å²) in [7, 11) is -2.09. The highest BCUT2D eigenvalue weighted by Gasteiger charge is 2.26. The molecule has 170 valence electrons. The fraction of sp³-hybridized carbons (Fsp3) is 0.273. The predicted molar refractivity (Wildman–Crippen MR) is 123 cm³/mol. The summed E-state index contributed by atoms with van der Waals surface area (Å²) >= 11 is 0. The van der Waals surface area contributed by atoms with E-state index in [0.29, 0.717) is 46.5 Å². The number of carbonyl (C=O) groups excluding carboxylic acids is 1. The lowest BCUT2D eigenvalue weighted by atomic mass is 10.2. The van der Waals surface area contributed by atoms with E-state index in [2.05, 4.69) is 25.5 Å². The number of sulfonamides is 1. The Bertz CT molecular complexity index is 1460. The first-order valence-corrected chi connectivity index (χ1v) is 12.0. The molecular weight excluding hydrogens is 444 g/mol. The minimum absolute atomic E-state index is 0.0196. The smallest absolute Gasteiger partial charge is 0.261 e. The number of rotatable bonds is 5. The molecule has 0 unspecified atom stereocenters. The Hall–Kier alpha value is -3.57. The van der Waals surface area contributed by atoms with Gasteiger partial charge in [0, 0.05) is 24.0 Å². The van der Waals surface area contributed by atoms with Gasteiger partial charge in [-0.2, -0.15) is 9.29 Å². The molecule has 1 saturated heterocycles. The number of amides is 1. The van der Waals surface area contributed by atoms with Crippen molar-refractivity contribution in [1.82, 2.24) is 24.5 Å². The summed E-state index contributed by atoms with van der Waals surface area (Å²) in [5.74, 6) is 0.0165. The molecule has 4 aromatic rings. The number of fused-ring (bicyclic) bond motifs is 3. The van der Waals surface area contributed by atoms with Gasteiger partial charge < -0.3 is 9.72 Å². The number of nitrogens with zero attached hydrogens (tertiary/aromatic N) is 4. The Kier molecular flexibility index (Phi) is 5.43. The quantitative estimate of drug-likeness (QED) is 0.462. The third-order valence-corrected chi connectivity index (χ3v) is 7.61. The van der Waals surface area contributed by atoms with Crippen LogP contribution >= 0.6 is 0 Å². The van der Waals surface area contributed by atoms with Crippen molar-refractivity contribution in [3.63, 3.8) is 0 Å². The molecule has 1 fully saturated rings. The topological polar surface area (TPSA) is 130 Å². The molecule has 0 saturated carbocycles. The van der Waals surface area contributed by atoms with Crippen molar-refractivity contribution in [3.8, 4) is 5.75 Å². The third kappa shape index (κ3) is 3.89. The Labute approximate surface area is 190 Å². The Balaban J connectivity index is 1.47. The van der Waals surface area contributed by atoms with Crippen LogP contribution in [-0.4, -0.2) is 59.0 Å². The molecule has 2 aromatic heterocycles. The lowest BCUT2D eigenvalue weighted by molar-refractivity contribution is 0.102. The monoisotopic (exact) mass is 466 g/mol. The SMILES string of the molecule is COc1ccccc1C(=O)Nc1nnc2c(n1)[nH]c1ccc(S(=O)(=O)N3CCCCC3)cc12. The lowest BCUT2D eigenvalue weighted by Gasteiger charge is -2.25. The van der Waals surface area contributed by atoms with Crippen LogP contribution in [0.4, 0.5) is 5.95 Å². The fourth-order valence-corrected chi connectivity index (χ4v) is 5.56. The van der Waals surface area contributed by atoms with Crippen molar-refractivity contribution in [2.45, 2.75) is 24.2 Å². The lowest BCUT2D eigenvalue weighted by Crippen LogP contribution is -2.35. The molecule has 0 aliphatic carbocycles. The Morgan fingerprint density at radius 1 is 1.09 bits per heavy atom. The molecular formula is C22H22N6O4S. The third-order valence-electron chi connectivity index (χ3n) is 5.72. The summed E-state index contributed by atoms with van der Waals surface area (Å²) in [6.45, 7) is 1.07. The molecule has 3 heterocycles. The molecule has 0 bridgehead atoms. The van der Waals surface area contributed by atoms with Gasteiger partial charge >= 0.3 is 0 Å². The van der Waals surface area contributed by atoms with Gasteiger partial charge in [-0.05, 0) is 43.2 Å². The molecule has 33 heavy (non-hydrogen) atoms. The number of piperidine rings is 1. The molecule has 0 spiro atoms. The Morgan fingerprint density at radius 2 is 1.88 bits per heavy atom. The number of carbonyl (C=O) groups is 1. The fourth-order valence-electron chi connectivity index (χ4n) is 4.02. The average molecular weight is 467 g/mol. The molecule has 2 N–H and O–H groups in total. The maximum atomic E-state index is 13.1. The average Bonchev–Trinajstić information content (AvgIpc) is 3.21. The van der Waals surface area contributed by atoms with Gasteiger partial charge in [-0.15, -0.1) is 10.2 Å². The van der Waals surface area contributed by atoms with E-state index >= 15 is 0 Å².